The number of hydrogen-bond acceptors (Lipinski definition) is 4. The monoisotopic (exact) mass is 367 g/mol. The standard InChI is InChI=1S/C20H21N3O2S/c1-2-23-11-15(19(24)25)10-13-6-5-7-14(18(13)23)12-26-20-21-16-8-3-4-9-17(16)22-20/h3-9,15H,2,10-12H2,1H3,(H,21,22)(H,24,25). The van der Waals surface area contributed by atoms with E-state index >= 15 is 0 Å². The van der Waals surface area contributed by atoms with Crippen molar-refractivity contribution < 1.29 is 9.90 Å². The maximum atomic E-state index is 11.5. The van der Waals surface area contributed by atoms with Crippen LogP contribution in [0, 0.1) is 5.92 Å². The molecule has 3 aromatic rings. The average Bonchev–Trinajstić information content (AvgIpc) is 3.08. The summed E-state index contributed by atoms with van der Waals surface area (Å²) >= 11 is 1.68. The molecule has 134 valence electrons. The number of carboxylic acid groups (broad SMARTS) is 1. The molecule has 6 heteroatoms. The Labute approximate surface area is 156 Å². The van der Waals surface area contributed by atoms with E-state index in [2.05, 4.69) is 33.9 Å². The summed E-state index contributed by atoms with van der Waals surface area (Å²) in [6.07, 6.45) is 0.601. The minimum Gasteiger partial charge on any atom is -0.481 e. The molecule has 0 aliphatic carbocycles. The number of carbonyl (C=O) groups is 1. The fourth-order valence-corrected chi connectivity index (χ4v) is 4.49. The van der Waals surface area contributed by atoms with Gasteiger partial charge in [0, 0.05) is 24.5 Å². The summed E-state index contributed by atoms with van der Waals surface area (Å²) in [5.74, 6) is -0.242. The van der Waals surface area contributed by atoms with Gasteiger partial charge in [-0.1, -0.05) is 42.1 Å². The van der Waals surface area contributed by atoms with E-state index in [0.717, 1.165) is 34.1 Å². The van der Waals surface area contributed by atoms with Gasteiger partial charge >= 0.3 is 5.97 Å². The van der Waals surface area contributed by atoms with Crippen molar-refractivity contribution in [3.63, 3.8) is 0 Å². The van der Waals surface area contributed by atoms with Gasteiger partial charge in [-0.25, -0.2) is 4.98 Å². The molecule has 5 nitrogen and oxygen atoms in total. The van der Waals surface area contributed by atoms with Crippen molar-refractivity contribution >= 4 is 34.5 Å². The van der Waals surface area contributed by atoms with Gasteiger partial charge in [-0.15, -0.1) is 0 Å². The maximum absolute atomic E-state index is 11.5. The molecule has 2 aromatic carbocycles. The van der Waals surface area contributed by atoms with Gasteiger partial charge in [-0.05, 0) is 36.6 Å². The quantitative estimate of drug-likeness (QED) is 0.669. The van der Waals surface area contributed by atoms with E-state index in [1.54, 1.807) is 11.8 Å². The van der Waals surface area contributed by atoms with Crippen LogP contribution in [0.25, 0.3) is 11.0 Å². The molecule has 0 saturated heterocycles. The van der Waals surface area contributed by atoms with Gasteiger partial charge in [-0.2, -0.15) is 0 Å². The number of carboxylic acids is 1. The summed E-state index contributed by atoms with van der Waals surface area (Å²) in [6.45, 7) is 3.46. The lowest BCUT2D eigenvalue weighted by Crippen LogP contribution is -2.39. The SMILES string of the molecule is CCN1CC(C(=O)O)Cc2cccc(CSc3nc4ccccc4[nH]3)c21. The first-order chi connectivity index (χ1) is 12.7. The van der Waals surface area contributed by atoms with Crippen LogP contribution in [0.1, 0.15) is 18.1 Å². The molecule has 1 atom stereocenters. The molecule has 1 aliphatic heterocycles. The normalized spacial score (nSPS) is 16.7. The number of aromatic nitrogens is 2. The van der Waals surface area contributed by atoms with E-state index < -0.39 is 5.97 Å². The number of imidazole rings is 1. The molecule has 0 saturated carbocycles. The first-order valence-corrected chi connectivity index (χ1v) is 9.80. The first-order valence-electron chi connectivity index (χ1n) is 8.81. The summed E-state index contributed by atoms with van der Waals surface area (Å²) < 4.78 is 0. The van der Waals surface area contributed by atoms with Crippen LogP contribution in [0.5, 0.6) is 0 Å². The molecule has 0 radical (unpaired) electrons. The molecule has 2 N–H and O–H groups in total. The third-order valence-corrected chi connectivity index (χ3v) is 5.81. The van der Waals surface area contributed by atoms with Gasteiger partial charge in [0.15, 0.2) is 5.16 Å². The van der Waals surface area contributed by atoms with Crippen LogP contribution in [0.15, 0.2) is 47.6 Å². The third kappa shape index (κ3) is 3.17. The Bertz CT molecular complexity index is 920. The van der Waals surface area contributed by atoms with Crippen molar-refractivity contribution in [3.05, 3.63) is 53.6 Å². The predicted octanol–water partition coefficient (Wildman–Crippen LogP) is 3.94. The Morgan fingerprint density at radius 2 is 2.15 bits per heavy atom. The number of aromatic amines is 1. The minimum absolute atomic E-state index is 0.333. The zero-order valence-electron chi connectivity index (χ0n) is 14.6. The summed E-state index contributed by atoms with van der Waals surface area (Å²) in [7, 11) is 0. The molecule has 0 amide bonds. The Morgan fingerprint density at radius 1 is 1.31 bits per heavy atom. The number of aliphatic carboxylic acids is 1. The van der Waals surface area contributed by atoms with Gasteiger partial charge in [-0.3, -0.25) is 4.79 Å². The van der Waals surface area contributed by atoms with Crippen molar-refractivity contribution in [3.8, 4) is 0 Å². The second kappa shape index (κ2) is 7.03. The number of H-pyrrole nitrogens is 1. The Kier molecular flexibility index (Phi) is 4.59. The number of thioether (sulfide) groups is 1. The zero-order chi connectivity index (χ0) is 18.1. The Hall–Kier alpha value is -2.47. The highest BCUT2D eigenvalue weighted by molar-refractivity contribution is 7.98. The number of rotatable bonds is 5. The Balaban J connectivity index is 1.59. The van der Waals surface area contributed by atoms with Gasteiger partial charge in [0.05, 0.1) is 17.0 Å². The molecule has 2 heterocycles. The summed E-state index contributed by atoms with van der Waals surface area (Å²) in [4.78, 5) is 21.6. The van der Waals surface area contributed by atoms with Crippen molar-refractivity contribution in [2.24, 2.45) is 5.92 Å². The first kappa shape index (κ1) is 17.0. The fourth-order valence-electron chi connectivity index (χ4n) is 3.62. The summed E-state index contributed by atoms with van der Waals surface area (Å²) in [6, 6.07) is 14.3. The fraction of sp³-hybridized carbons (Fsp3) is 0.300. The molecule has 1 unspecified atom stereocenters. The van der Waals surface area contributed by atoms with Crippen LogP contribution < -0.4 is 4.90 Å². The number of nitrogens with zero attached hydrogens (tertiary/aromatic N) is 2. The second-order valence-corrected chi connectivity index (χ2v) is 7.51. The summed E-state index contributed by atoms with van der Waals surface area (Å²) in [5, 5.41) is 10.3. The molecule has 4 rings (SSSR count). The lowest BCUT2D eigenvalue weighted by Gasteiger charge is -2.35. The molecular formula is C20H21N3O2S. The van der Waals surface area contributed by atoms with E-state index in [0.29, 0.717) is 13.0 Å². The molecule has 0 bridgehead atoms. The van der Waals surface area contributed by atoms with Gasteiger partial charge in [0.2, 0.25) is 0 Å². The van der Waals surface area contributed by atoms with Crippen LogP contribution in [-0.4, -0.2) is 34.1 Å². The van der Waals surface area contributed by atoms with Crippen molar-refractivity contribution in [2.75, 3.05) is 18.0 Å². The van der Waals surface area contributed by atoms with Gasteiger partial charge in [0.25, 0.3) is 0 Å². The topological polar surface area (TPSA) is 69.2 Å². The lowest BCUT2D eigenvalue weighted by molar-refractivity contribution is -0.141. The van der Waals surface area contributed by atoms with Crippen LogP contribution in [0.3, 0.4) is 0 Å². The Morgan fingerprint density at radius 3 is 2.92 bits per heavy atom. The van der Waals surface area contributed by atoms with E-state index in [1.165, 1.54) is 11.3 Å². The lowest BCUT2D eigenvalue weighted by atomic mass is 9.90. The number of hydrogen-bond donors (Lipinski definition) is 2. The third-order valence-electron chi connectivity index (χ3n) is 4.89. The van der Waals surface area contributed by atoms with E-state index in [-0.39, 0.29) is 5.92 Å². The van der Waals surface area contributed by atoms with Crippen molar-refractivity contribution in [1.29, 1.82) is 0 Å². The predicted molar refractivity (Wildman–Crippen MR) is 105 cm³/mol. The maximum Gasteiger partial charge on any atom is 0.308 e. The van der Waals surface area contributed by atoms with Crippen LogP contribution >= 0.6 is 11.8 Å². The highest BCUT2D eigenvalue weighted by Gasteiger charge is 2.29. The zero-order valence-corrected chi connectivity index (χ0v) is 15.4. The highest BCUT2D eigenvalue weighted by Crippen LogP contribution is 2.36. The second-order valence-electron chi connectivity index (χ2n) is 6.55. The van der Waals surface area contributed by atoms with E-state index in [9.17, 15) is 9.90 Å². The molecule has 0 fully saturated rings. The van der Waals surface area contributed by atoms with Crippen LogP contribution in [-0.2, 0) is 17.0 Å². The van der Waals surface area contributed by atoms with Gasteiger partial charge in [0.1, 0.15) is 0 Å². The highest BCUT2D eigenvalue weighted by atomic mass is 32.2. The summed E-state index contributed by atoms with van der Waals surface area (Å²) in [5.41, 5.74) is 5.59. The molecule has 1 aliphatic rings. The number of para-hydroxylation sites is 3. The smallest absolute Gasteiger partial charge is 0.308 e. The largest absolute Gasteiger partial charge is 0.481 e. The van der Waals surface area contributed by atoms with Crippen LogP contribution in [0.2, 0.25) is 0 Å². The molecule has 0 spiro atoms. The average molecular weight is 367 g/mol. The molecule has 1 aromatic heterocycles. The number of nitrogens with one attached hydrogen (secondary N) is 1. The van der Waals surface area contributed by atoms with E-state index in [4.69, 9.17) is 0 Å². The molecule has 26 heavy (non-hydrogen) atoms. The van der Waals surface area contributed by atoms with E-state index in [1.807, 2.05) is 30.3 Å². The number of anilines is 1. The van der Waals surface area contributed by atoms with Gasteiger partial charge < -0.3 is 15.0 Å². The van der Waals surface area contributed by atoms with Crippen molar-refractivity contribution in [1.82, 2.24) is 9.97 Å². The minimum atomic E-state index is -0.712. The number of benzene rings is 2. The number of fused-ring (bicyclic) bond motifs is 2. The van der Waals surface area contributed by atoms with Crippen LogP contribution in [0.4, 0.5) is 5.69 Å². The molecular weight excluding hydrogens is 346 g/mol. The van der Waals surface area contributed by atoms with Crippen molar-refractivity contribution in [2.45, 2.75) is 24.3 Å².